The molecule has 13 heavy (non-hydrogen) atoms. The Kier molecular flexibility index (Phi) is 2.96. The maximum atomic E-state index is 4.43. The van der Waals surface area contributed by atoms with Gasteiger partial charge in [0.1, 0.15) is 0 Å². The molecule has 0 bridgehead atoms. The smallest absolute Gasteiger partial charge is 0.0649 e. The summed E-state index contributed by atoms with van der Waals surface area (Å²) >= 11 is 3.85. The van der Waals surface area contributed by atoms with Gasteiger partial charge in [-0.2, -0.15) is 0 Å². The molecule has 2 heterocycles. The van der Waals surface area contributed by atoms with E-state index in [1.807, 2.05) is 36.5 Å². The van der Waals surface area contributed by atoms with Crippen LogP contribution in [0.15, 0.2) is 22.4 Å². The van der Waals surface area contributed by atoms with Gasteiger partial charge in [0.15, 0.2) is 0 Å². The number of pyridine rings is 1. The summed E-state index contributed by atoms with van der Waals surface area (Å²) in [5, 5.41) is 0. The van der Waals surface area contributed by atoms with E-state index < -0.39 is 0 Å². The highest BCUT2D eigenvalue weighted by Crippen LogP contribution is 2.37. The van der Waals surface area contributed by atoms with E-state index in [9.17, 15) is 0 Å². The van der Waals surface area contributed by atoms with Gasteiger partial charge in [-0.05, 0) is 25.1 Å². The lowest BCUT2D eigenvalue weighted by molar-refractivity contribution is 1.18. The molecular weight excluding hydrogens is 198 g/mol. The quantitative estimate of drug-likeness (QED) is 0.705. The fourth-order valence-electron chi connectivity index (χ4n) is 1.17. The molecule has 1 fully saturated rings. The van der Waals surface area contributed by atoms with Crippen LogP contribution >= 0.6 is 23.5 Å². The topological polar surface area (TPSA) is 12.9 Å². The average molecular weight is 209 g/mol. The predicted octanol–water partition coefficient (Wildman–Crippen LogP) is 3.17. The first-order chi connectivity index (χ1) is 6.34. The third kappa shape index (κ3) is 2.51. The van der Waals surface area contributed by atoms with Gasteiger partial charge in [0.25, 0.3) is 0 Å². The van der Waals surface area contributed by atoms with Crippen LogP contribution in [0, 0.1) is 6.92 Å². The molecule has 1 aliphatic rings. The first-order valence-electron chi connectivity index (χ1n) is 4.25. The van der Waals surface area contributed by atoms with Gasteiger partial charge in [-0.25, -0.2) is 0 Å². The second kappa shape index (κ2) is 4.20. The molecule has 2 rings (SSSR count). The van der Waals surface area contributed by atoms with Gasteiger partial charge < -0.3 is 0 Å². The van der Waals surface area contributed by atoms with E-state index >= 15 is 0 Å². The number of aromatic nitrogens is 1. The highest BCUT2D eigenvalue weighted by molar-refractivity contribution is 8.25. The maximum Gasteiger partial charge on any atom is 0.0649 e. The molecule has 68 valence electrons. The molecule has 0 atom stereocenters. The molecule has 3 heteroatoms. The van der Waals surface area contributed by atoms with E-state index in [1.54, 1.807) is 0 Å². The summed E-state index contributed by atoms with van der Waals surface area (Å²) in [7, 11) is 0. The van der Waals surface area contributed by atoms with Crippen molar-refractivity contribution < 1.29 is 0 Å². The van der Waals surface area contributed by atoms with Crippen LogP contribution in [0.4, 0.5) is 0 Å². The van der Waals surface area contributed by atoms with Crippen LogP contribution in [-0.4, -0.2) is 16.5 Å². The second-order valence-electron chi connectivity index (χ2n) is 2.86. The van der Waals surface area contributed by atoms with Gasteiger partial charge in [-0.1, -0.05) is 6.07 Å². The monoisotopic (exact) mass is 209 g/mol. The van der Waals surface area contributed by atoms with Crippen molar-refractivity contribution in [3.8, 4) is 0 Å². The van der Waals surface area contributed by atoms with Crippen molar-refractivity contribution in [3.63, 3.8) is 0 Å². The number of hydrogen-bond acceptors (Lipinski definition) is 3. The highest BCUT2D eigenvalue weighted by Gasteiger charge is 2.07. The minimum absolute atomic E-state index is 1.08. The molecule has 0 aromatic carbocycles. The first-order valence-corrected chi connectivity index (χ1v) is 6.23. The molecule has 0 radical (unpaired) electrons. The molecule has 0 saturated carbocycles. The number of rotatable bonds is 1. The molecule has 0 amide bonds. The van der Waals surface area contributed by atoms with Gasteiger partial charge in [0, 0.05) is 21.4 Å². The summed E-state index contributed by atoms with van der Waals surface area (Å²) < 4.78 is 1.40. The summed E-state index contributed by atoms with van der Waals surface area (Å²) in [6.07, 6.45) is 2.18. The third-order valence-electron chi connectivity index (χ3n) is 1.75. The third-order valence-corrected chi connectivity index (χ3v) is 4.33. The lowest BCUT2D eigenvalue weighted by Crippen LogP contribution is -1.83. The Morgan fingerprint density at radius 2 is 2.08 bits per heavy atom. The standard InChI is InChI=1S/C10H11NS2/c1-8-3-2-4-9(11-8)7-10-12-5-6-13-10/h2-4,7H,5-6H2,1H3. The molecule has 0 spiro atoms. The van der Waals surface area contributed by atoms with Gasteiger partial charge in [0.05, 0.1) is 5.69 Å². The number of hydrogen-bond donors (Lipinski definition) is 0. The van der Waals surface area contributed by atoms with E-state index in [2.05, 4.69) is 23.2 Å². The van der Waals surface area contributed by atoms with Crippen LogP contribution in [0.3, 0.4) is 0 Å². The predicted molar refractivity (Wildman–Crippen MR) is 61.9 cm³/mol. The van der Waals surface area contributed by atoms with Crippen molar-refractivity contribution in [2.24, 2.45) is 0 Å². The zero-order chi connectivity index (χ0) is 9.10. The Labute approximate surface area is 87.0 Å². The fourth-order valence-corrected chi connectivity index (χ4v) is 3.49. The minimum atomic E-state index is 1.08. The van der Waals surface area contributed by atoms with Crippen molar-refractivity contribution in [2.75, 3.05) is 11.5 Å². The van der Waals surface area contributed by atoms with E-state index in [0.29, 0.717) is 0 Å². The lowest BCUT2D eigenvalue weighted by Gasteiger charge is -1.96. The summed E-state index contributed by atoms with van der Waals surface area (Å²) in [5.74, 6) is 2.48. The molecule has 1 aromatic heterocycles. The van der Waals surface area contributed by atoms with E-state index in [1.165, 1.54) is 15.7 Å². The van der Waals surface area contributed by atoms with Gasteiger partial charge in [-0.3, -0.25) is 4.98 Å². The largest absolute Gasteiger partial charge is 0.254 e. The molecular formula is C10H11NS2. The molecule has 1 aromatic rings. The fraction of sp³-hybridized carbons (Fsp3) is 0.300. The highest BCUT2D eigenvalue weighted by atomic mass is 32.2. The van der Waals surface area contributed by atoms with Crippen molar-refractivity contribution in [1.82, 2.24) is 4.98 Å². The molecule has 0 N–H and O–H groups in total. The van der Waals surface area contributed by atoms with Crippen molar-refractivity contribution in [3.05, 3.63) is 33.8 Å². The van der Waals surface area contributed by atoms with Crippen LogP contribution in [-0.2, 0) is 0 Å². The summed E-state index contributed by atoms with van der Waals surface area (Å²) in [6.45, 7) is 2.02. The Bertz CT molecular complexity index is 325. The number of aryl methyl sites for hydroxylation is 1. The first kappa shape index (κ1) is 9.16. The van der Waals surface area contributed by atoms with Crippen molar-refractivity contribution in [2.45, 2.75) is 6.92 Å². The summed E-state index contributed by atoms with van der Waals surface area (Å²) in [6, 6.07) is 6.13. The van der Waals surface area contributed by atoms with Gasteiger partial charge in [-0.15, -0.1) is 23.5 Å². The lowest BCUT2D eigenvalue weighted by atomic mass is 10.3. The normalized spacial score (nSPS) is 16.2. The van der Waals surface area contributed by atoms with Gasteiger partial charge >= 0.3 is 0 Å². The van der Waals surface area contributed by atoms with E-state index in [4.69, 9.17) is 0 Å². The van der Waals surface area contributed by atoms with Crippen LogP contribution < -0.4 is 0 Å². The SMILES string of the molecule is Cc1cccc(C=C2SCCS2)n1. The average Bonchev–Trinajstić information content (AvgIpc) is 2.57. The molecule has 1 saturated heterocycles. The van der Waals surface area contributed by atoms with Crippen LogP contribution in [0.1, 0.15) is 11.4 Å². The molecule has 1 aliphatic heterocycles. The molecule has 0 aliphatic carbocycles. The molecule has 0 unspecified atom stereocenters. The zero-order valence-electron chi connectivity index (χ0n) is 7.49. The zero-order valence-corrected chi connectivity index (χ0v) is 9.12. The minimum Gasteiger partial charge on any atom is -0.254 e. The van der Waals surface area contributed by atoms with Crippen LogP contribution in [0.5, 0.6) is 0 Å². The maximum absolute atomic E-state index is 4.43. The van der Waals surface area contributed by atoms with Crippen LogP contribution in [0.2, 0.25) is 0 Å². The van der Waals surface area contributed by atoms with E-state index in [-0.39, 0.29) is 0 Å². The van der Waals surface area contributed by atoms with Crippen LogP contribution in [0.25, 0.3) is 6.08 Å². The number of nitrogens with zero attached hydrogens (tertiary/aromatic N) is 1. The van der Waals surface area contributed by atoms with Gasteiger partial charge in [0.2, 0.25) is 0 Å². The Balaban J connectivity index is 2.21. The Hall–Kier alpha value is -0.410. The van der Waals surface area contributed by atoms with Crippen molar-refractivity contribution in [1.29, 1.82) is 0 Å². The summed E-state index contributed by atoms with van der Waals surface area (Å²) in [5.41, 5.74) is 2.17. The van der Waals surface area contributed by atoms with E-state index in [0.717, 1.165) is 11.4 Å². The number of thioether (sulfide) groups is 2. The molecule has 1 nitrogen and oxygen atoms in total. The second-order valence-corrected chi connectivity index (χ2v) is 5.40. The Morgan fingerprint density at radius 1 is 1.31 bits per heavy atom. The van der Waals surface area contributed by atoms with Crippen molar-refractivity contribution >= 4 is 29.6 Å². The summed E-state index contributed by atoms with van der Waals surface area (Å²) in [4.78, 5) is 4.43. The Morgan fingerprint density at radius 3 is 2.77 bits per heavy atom.